The molecule has 2 aliphatic rings. The van der Waals surface area contributed by atoms with E-state index in [-0.39, 0.29) is 17.7 Å². The minimum absolute atomic E-state index is 0.0552. The van der Waals surface area contributed by atoms with Crippen molar-refractivity contribution in [1.29, 1.82) is 0 Å². The van der Waals surface area contributed by atoms with Crippen molar-refractivity contribution < 1.29 is 14.3 Å². The zero-order valence-corrected chi connectivity index (χ0v) is 18.5. The summed E-state index contributed by atoms with van der Waals surface area (Å²) >= 11 is 1.47. The average Bonchev–Trinajstić information content (AvgIpc) is 3.41. The topological polar surface area (TPSA) is 62.7 Å². The minimum atomic E-state index is 0.0552. The lowest BCUT2D eigenvalue weighted by atomic mass is 9.98. The predicted molar refractivity (Wildman–Crippen MR) is 117 cm³/mol. The van der Waals surface area contributed by atoms with Crippen molar-refractivity contribution >= 4 is 23.2 Å². The molecule has 2 fully saturated rings. The third-order valence-electron chi connectivity index (χ3n) is 5.89. The van der Waals surface area contributed by atoms with Crippen molar-refractivity contribution in [2.24, 2.45) is 5.92 Å². The van der Waals surface area contributed by atoms with Crippen LogP contribution < -0.4 is 4.74 Å². The Bertz CT molecular complexity index is 920. The first-order valence-electron chi connectivity index (χ1n) is 10.8. The normalized spacial score (nSPS) is 19.2. The third kappa shape index (κ3) is 4.51. The number of amides is 2. The SMILES string of the molecule is Cc1nc(C)c(C(=O)N2CCCC(COc3ccccc3C(=O)N3CCCC3)C2)s1. The first-order chi connectivity index (χ1) is 14.5. The van der Waals surface area contributed by atoms with Crippen LogP contribution in [-0.2, 0) is 0 Å². The van der Waals surface area contributed by atoms with Gasteiger partial charge in [0.1, 0.15) is 10.6 Å². The van der Waals surface area contributed by atoms with Crippen LogP contribution in [0.3, 0.4) is 0 Å². The van der Waals surface area contributed by atoms with Crippen molar-refractivity contribution in [2.45, 2.75) is 39.5 Å². The molecule has 0 N–H and O–H groups in total. The van der Waals surface area contributed by atoms with E-state index in [0.29, 0.717) is 24.5 Å². The molecule has 2 saturated heterocycles. The molecule has 1 aromatic heterocycles. The summed E-state index contributed by atoms with van der Waals surface area (Å²) in [5.41, 5.74) is 1.45. The number of para-hydroxylation sites is 1. The second kappa shape index (κ2) is 9.16. The summed E-state index contributed by atoms with van der Waals surface area (Å²) in [6, 6.07) is 7.51. The van der Waals surface area contributed by atoms with E-state index >= 15 is 0 Å². The minimum Gasteiger partial charge on any atom is -0.492 e. The summed E-state index contributed by atoms with van der Waals surface area (Å²) in [6.07, 6.45) is 4.12. The fourth-order valence-corrected chi connectivity index (χ4v) is 5.21. The monoisotopic (exact) mass is 427 g/mol. The van der Waals surface area contributed by atoms with Gasteiger partial charge >= 0.3 is 0 Å². The molecule has 4 rings (SSSR count). The van der Waals surface area contributed by atoms with E-state index in [2.05, 4.69) is 4.98 Å². The van der Waals surface area contributed by atoms with Crippen LogP contribution in [0.4, 0.5) is 0 Å². The van der Waals surface area contributed by atoms with Crippen LogP contribution in [0.1, 0.15) is 56.4 Å². The largest absolute Gasteiger partial charge is 0.492 e. The lowest BCUT2D eigenvalue weighted by Crippen LogP contribution is -2.41. The predicted octanol–water partition coefficient (Wildman–Crippen LogP) is 3.93. The molecule has 1 atom stereocenters. The van der Waals surface area contributed by atoms with Crippen LogP contribution in [0.15, 0.2) is 24.3 Å². The number of benzene rings is 1. The maximum absolute atomic E-state index is 12.9. The Labute approximate surface area is 181 Å². The van der Waals surface area contributed by atoms with Crippen molar-refractivity contribution in [3.8, 4) is 5.75 Å². The summed E-state index contributed by atoms with van der Waals surface area (Å²) in [4.78, 5) is 34.8. The van der Waals surface area contributed by atoms with Gasteiger partial charge in [-0.3, -0.25) is 9.59 Å². The summed E-state index contributed by atoms with van der Waals surface area (Å²) < 4.78 is 6.12. The van der Waals surface area contributed by atoms with Gasteiger partial charge in [-0.1, -0.05) is 12.1 Å². The van der Waals surface area contributed by atoms with Crippen LogP contribution in [0, 0.1) is 19.8 Å². The summed E-state index contributed by atoms with van der Waals surface area (Å²) in [6.45, 7) is 7.44. The number of aromatic nitrogens is 1. The number of hydrogen-bond acceptors (Lipinski definition) is 5. The number of rotatable bonds is 5. The molecular weight excluding hydrogens is 398 g/mol. The van der Waals surface area contributed by atoms with Gasteiger partial charge in [-0.2, -0.15) is 0 Å². The molecule has 1 aromatic carbocycles. The van der Waals surface area contributed by atoms with Crippen LogP contribution in [0.2, 0.25) is 0 Å². The number of carbonyl (C=O) groups is 2. The van der Waals surface area contributed by atoms with Gasteiger partial charge in [0.15, 0.2) is 0 Å². The molecule has 3 heterocycles. The molecule has 0 bridgehead atoms. The van der Waals surface area contributed by atoms with E-state index < -0.39 is 0 Å². The number of aryl methyl sites for hydroxylation is 2. The number of nitrogens with zero attached hydrogens (tertiary/aromatic N) is 3. The van der Waals surface area contributed by atoms with Gasteiger partial charge in [-0.25, -0.2) is 4.98 Å². The van der Waals surface area contributed by atoms with E-state index in [0.717, 1.165) is 60.9 Å². The number of thiazole rings is 1. The fourth-order valence-electron chi connectivity index (χ4n) is 4.33. The molecule has 0 aliphatic carbocycles. The third-order valence-corrected chi connectivity index (χ3v) is 6.95. The van der Waals surface area contributed by atoms with E-state index in [1.165, 1.54) is 11.3 Å². The Kier molecular flexibility index (Phi) is 6.37. The van der Waals surface area contributed by atoms with Crippen molar-refractivity contribution in [3.05, 3.63) is 45.4 Å². The summed E-state index contributed by atoms with van der Waals surface area (Å²) in [7, 11) is 0. The molecule has 7 heteroatoms. The zero-order valence-electron chi connectivity index (χ0n) is 17.7. The van der Waals surface area contributed by atoms with Gasteiger partial charge in [0.05, 0.1) is 22.9 Å². The van der Waals surface area contributed by atoms with Crippen molar-refractivity contribution in [3.63, 3.8) is 0 Å². The Morgan fingerprint density at radius 1 is 1.07 bits per heavy atom. The molecule has 1 unspecified atom stereocenters. The molecule has 6 nitrogen and oxygen atoms in total. The van der Waals surface area contributed by atoms with Crippen molar-refractivity contribution in [1.82, 2.24) is 14.8 Å². The van der Waals surface area contributed by atoms with Gasteiger partial charge in [-0.15, -0.1) is 11.3 Å². The highest BCUT2D eigenvalue weighted by molar-refractivity contribution is 7.13. The van der Waals surface area contributed by atoms with Crippen LogP contribution in [0.25, 0.3) is 0 Å². The molecule has 160 valence electrons. The van der Waals surface area contributed by atoms with Gasteiger partial charge in [0.2, 0.25) is 0 Å². The number of piperidine rings is 1. The zero-order chi connectivity index (χ0) is 21.1. The first kappa shape index (κ1) is 20.8. The first-order valence-corrected chi connectivity index (χ1v) is 11.6. The number of likely N-dealkylation sites (tertiary alicyclic amines) is 2. The Hall–Kier alpha value is -2.41. The van der Waals surface area contributed by atoms with Crippen LogP contribution in [0.5, 0.6) is 5.75 Å². The molecular formula is C23H29N3O3S. The number of ether oxygens (including phenoxy) is 1. The quantitative estimate of drug-likeness (QED) is 0.725. The van der Waals surface area contributed by atoms with Gasteiger partial charge in [0, 0.05) is 32.1 Å². The highest BCUT2D eigenvalue weighted by Crippen LogP contribution is 2.26. The number of hydrogen-bond donors (Lipinski definition) is 0. The second-order valence-electron chi connectivity index (χ2n) is 8.21. The Morgan fingerprint density at radius 3 is 2.53 bits per heavy atom. The van der Waals surface area contributed by atoms with Gasteiger partial charge in [0.25, 0.3) is 11.8 Å². The maximum atomic E-state index is 12.9. The Balaban J connectivity index is 1.39. The molecule has 0 saturated carbocycles. The molecule has 0 spiro atoms. The van der Waals surface area contributed by atoms with E-state index in [1.807, 2.05) is 47.9 Å². The second-order valence-corrected chi connectivity index (χ2v) is 9.42. The van der Waals surface area contributed by atoms with Crippen LogP contribution in [-0.4, -0.2) is 59.4 Å². The average molecular weight is 428 g/mol. The highest BCUT2D eigenvalue weighted by Gasteiger charge is 2.28. The molecule has 2 amide bonds. The fraction of sp³-hybridized carbons (Fsp3) is 0.522. The van der Waals surface area contributed by atoms with Crippen LogP contribution >= 0.6 is 11.3 Å². The molecule has 2 aliphatic heterocycles. The van der Waals surface area contributed by atoms with Gasteiger partial charge < -0.3 is 14.5 Å². The van der Waals surface area contributed by atoms with E-state index in [4.69, 9.17) is 4.74 Å². The van der Waals surface area contributed by atoms with Crippen molar-refractivity contribution in [2.75, 3.05) is 32.8 Å². The highest BCUT2D eigenvalue weighted by atomic mass is 32.1. The van der Waals surface area contributed by atoms with E-state index in [9.17, 15) is 9.59 Å². The van der Waals surface area contributed by atoms with Gasteiger partial charge in [-0.05, 0) is 51.7 Å². The van der Waals surface area contributed by atoms with E-state index in [1.54, 1.807) is 0 Å². The molecule has 0 radical (unpaired) electrons. The maximum Gasteiger partial charge on any atom is 0.265 e. The molecule has 30 heavy (non-hydrogen) atoms. The standard InChI is InChI=1S/C23H29N3O3S/c1-16-21(30-17(2)24-16)23(28)26-13-7-8-18(14-26)15-29-20-10-4-3-9-19(20)22(27)25-11-5-6-12-25/h3-4,9-10,18H,5-8,11-15H2,1-2H3. The lowest BCUT2D eigenvalue weighted by molar-refractivity contribution is 0.0636. The smallest absolute Gasteiger partial charge is 0.265 e. The summed E-state index contributed by atoms with van der Waals surface area (Å²) in [5.74, 6) is 1.03. The Morgan fingerprint density at radius 2 is 1.80 bits per heavy atom. The lowest BCUT2D eigenvalue weighted by Gasteiger charge is -2.32. The summed E-state index contributed by atoms with van der Waals surface area (Å²) in [5, 5.41) is 0.923. The molecule has 2 aromatic rings. The number of carbonyl (C=O) groups excluding carboxylic acids is 2.